The Bertz CT molecular complexity index is 909. The van der Waals surface area contributed by atoms with Gasteiger partial charge in [0.05, 0.1) is 13.0 Å². The van der Waals surface area contributed by atoms with Crippen LogP contribution in [0.2, 0.25) is 0 Å². The highest BCUT2D eigenvalue weighted by Gasteiger charge is 2.36. The van der Waals surface area contributed by atoms with Gasteiger partial charge in [0.2, 0.25) is 11.8 Å². The number of phenols is 1. The molecule has 0 spiro atoms. The van der Waals surface area contributed by atoms with Crippen molar-refractivity contribution >= 4 is 23.9 Å². The molecule has 3 N–H and O–H groups in total. The molecule has 196 valence electrons. The fraction of sp³-hybridized carbons (Fsp3) is 0.600. The molecule has 0 aliphatic carbocycles. The quantitative estimate of drug-likeness (QED) is 0.427. The normalized spacial score (nSPS) is 12.9. The fourth-order valence-corrected chi connectivity index (χ4v) is 3.35. The van der Waals surface area contributed by atoms with E-state index in [9.17, 15) is 24.3 Å². The first-order chi connectivity index (χ1) is 16.2. The summed E-state index contributed by atoms with van der Waals surface area (Å²) in [4.78, 5) is 52.1. The SMILES string of the molecule is CCOC(=O)CCNC(=O)C(c1ccc(O)c(C)c1)N(C(=O)C(C)NC(=O)OC(C)(C)C)C(C)C. The van der Waals surface area contributed by atoms with Crippen molar-refractivity contribution in [2.24, 2.45) is 0 Å². The number of carbonyl (C=O) groups excluding carboxylic acids is 4. The van der Waals surface area contributed by atoms with Gasteiger partial charge < -0.3 is 30.1 Å². The smallest absolute Gasteiger partial charge is 0.408 e. The number of phenolic OH excluding ortho intramolecular Hbond substituents is 1. The molecule has 2 atom stereocenters. The van der Waals surface area contributed by atoms with Gasteiger partial charge in [0.25, 0.3) is 0 Å². The number of ether oxygens (including phenoxy) is 2. The van der Waals surface area contributed by atoms with Crippen LogP contribution in [0, 0.1) is 6.92 Å². The van der Waals surface area contributed by atoms with E-state index in [0.29, 0.717) is 11.1 Å². The van der Waals surface area contributed by atoms with Crippen LogP contribution >= 0.6 is 0 Å². The highest BCUT2D eigenvalue weighted by molar-refractivity contribution is 5.92. The Balaban J connectivity index is 3.25. The van der Waals surface area contributed by atoms with Gasteiger partial charge in [0.15, 0.2) is 0 Å². The number of esters is 1. The van der Waals surface area contributed by atoms with Crippen LogP contribution in [-0.4, -0.2) is 64.7 Å². The molecular formula is C25H39N3O7. The molecule has 10 nitrogen and oxygen atoms in total. The van der Waals surface area contributed by atoms with E-state index in [1.165, 1.54) is 17.9 Å². The number of aromatic hydroxyl groups is 1. The van der Waals surface area contributed by atoms with Gasteiger partial charge in [-0.05, 0) is 78.6 Å². The third-order valence-corrected chi connectivity index (χ3v) is 4.91. The summed E-state index contributed by atoms with van der Waals surface area (Å²) in [6, 6.07) is 2.15. The molecule has 0 radical (unpaired) electrons. The Morgan fingerprint density at radius 1 is 1.11 bits per heavy atom. The van der Waals surface area contributed by atoms with Crippen molar-refractivity contribution in [2.45, 2.75) is 85.5 Å². The number of hydrogen-bond acceptors (Lipinski definition) is 7. The Morgan fingerprint density at radius 2 is 1.74 bits per heavy atom. The maximum Gasteiger partial charge on any atom is 0.408 e. The zero-order chi connectivity index (χ0) is 26.9. The Morgan fingerprint density at radius 3 is 2.26 bits per heavy atom. The summed E-state index contributed by atoms with van der Waals surface area (Å²) in [7, 11) is 0. The first-order valence-electron chi connectivity index (χ1n) is 11.7. The molecule has 0 fully saturated rings. The molecular weight excluding hydrogens is 454 g/mol. The first kappa shape index (κ1) is 29.7. The zero-order valence-corrected chi connectivity index (χ0v) is 21.9. The number of rotatable bonds is 10. The number of nitrogens with one attached hydrogen (secondary N) is 2. The minimum absolute atomic E-state index is 0.0207. The lowest BCUT2D eigenvalue weighted by molar-refractivity contribution is -0.145. The van der Waals surface area contributed by atoms with Gasteiger partial charge in [0, 0.05) is 12.6 Å². The molecule has 3 amide bonds. The average molecular weight is 494 g/mol. The standard InChI is InChI=1S/C25H39N3O7/c1-9-34-20(30)12-13-26-22(31)21(18-10-11-19(29)16(4)14-18)28(15(2)3)23(32)17(5)27-24(33)35-25(6,7)8/h10-11,14-15,17,21,29H,9,12-13H2,1-8H3,(H,26,31)(H,27,33). The van der Waals surface area contributed by atoms with E-state index in [4.69, 9.17) is 9.47 Å². The summed E-state index contributed by atoms with van der Waals surface area (Å²) in [5.41, 5.74) is 0.263. The molecule has 35 heavy (non-hydrogen) atoms. The Hall–Kier alpha value is -3.30. The van der Waals surface area contributed by atoms with E-state index in [-0.39, 0.29) is 25.3 Å². The topological polar surface area (TPSA) is 134 Å². The highest BCUT2D eigenvalue weighted by atomic mass is 16.6. The summed E-state index contributed by atoms with van der Waals surface area (Å²) >= 11 is 0. The molecule has 2 unspecified atom stereocenters. The molecule has 0 saturated carbocycles. The molecule has 0 heterocycles. The van der Waals surface area contributed by atoms with Crippen LogP contribution in [0.3, 0.4) is 0 Å². The number of benzene rings is 1. The number of amides is 3. The van der Waals surface area contributed by atoms with Crippen LogP contribution in [-0.2, 0) is 23.9 Å². The number of hydrogen-bond donors (Lipinski definition) is 3. The van der Waals surface area contributed by atoms with Crippen molar-refractivity contribution in [3.63, 3.8) is 0 Å². The molecule has 10 heteroatoms. The summed E-state index contributed by atoms with van der Waals surface area (Å²) in [5.74, 6) is -1.40. The Kier molecular flexibility index (Phi) is 11.0. The van der Waals surface area contributed by atoms with Gasteiger partial charge in [-0.15, -0.1) is 0 Å². The van der Waals surface area contributed by atoms with E-state index >= 15 is 0 Å². The van der Waals surface area contributed by atoms with Crippen LogP contribution in [0.15, 0.2) is 18.2 Å². The lowest BCUT2D eigenvalue weighted by atomic mass is 9.99. The van der Waals surface area contributed by atoms with Crippen molar-refractivity contribution in [3.8, 4) is 5.75 Å². The Labute approximate surface area is 207 Å². The molecule has 0 saturated heterocycles. The largest absolute Gasteiger partial charge is 0.508 e. The van der Waals surface area contributed by atoms with Gasteiger partial charge >= 0.3 is 12.1 Å². The van der Waals surface area contributed by atoms with Gasteiger partial charge in [-0.3, -0.25) is 14.4 Å². The van der Waals surface area contributed by atoms with Crippen LogP contribution in [0.1, 0.15) is 72.1 Å². The predicted octanol–water partition coefficient (Wildman–Crippen LogP) is 2.96. The highest BCUT2D eigenvalue weighted by Crippen LogP contribution is 2.28. The zero-order valence-electron chi connectivity index (χ0n) is 21.9. The maximum atomic E-state index is 13.5. The number of carbonyl (C=O) groups is 4. The lowest BCUT2D eigenvalue weighted by Crippen LogP contribution is -2.54. The fourth-order valence-electron chi connectivity index (χ4n) is 3.35. The van der Waals surface area contributed by atoms with E-state index in [1.54, 1.807) is 60.6 Å². The van der Waals surface area contributed by atoms with Gasteiger partial charge in [-0.2, -0.15) is 0 Å². The summed E-state index contributed by atoms with van der Waals surface area (Å²) < 4.78 is 10.1. The molecule has 1 rings (SSSR count). The second-order valence-electron chi connectivity index (χ2n) is 9.50. The molecule has 1 aromatic rings. The minimum Gasteiger partial charge on any atom is -0.508 e. The first-order valence-corrected chi connectivity index (χ1v) is 11.7. The average Bonchev–Trinajstić information content (AvgIpc) is 2.71. The van der Waals surface area contributed by atoms with E-state index < -0.39 is 47.6 Å². The number of aryl methyl sites for hydroxylation is 1. The lowest BCUT2D eigenvalue weighted by Gasteiger charge is -2.36. The van der Waals surface area contributed by atoms with Crippen molar-refractivity contribution in [3.05, 3.63) is 29.3 Å². The van der Waals surface area contributed by atoms with Crippen molar-refractivity contribution in [1.82, 2.24) is 15.5 Å². The molecule has 0 aromatic heterocycles. The second kappa shape index (κ2) is 13.0. The van der Waals surface area contributed by atoms with Gasteiger partial charge in [-0.1, -0.05) is 6.07 Å². The second-order valence-corrected chi connectivity index (χ2v) is 9.50. The summed E-state index contributed by atoms with van der Waals surface area (Å²) in [5, 5.41) is 15.2. The van der Waals surface area contributed by atoms with Crippen LogP contribution < -0.4 is 10.6 Å². The van der Waals surface area contributed by atoms with Crippen LogP contribution in [0.4, 0.5) is 4.79 Å². The third-order valence-electron chi connectivity index (χ3n) is 4.91. The molecule has 1 aromatic carbocycles. The van der Waals surface area contributed by atoms with Gasteiger partial charge in [-0.25, -0.2) is 4.79 Å². The van der Waals surface area contributed by atoms with E-state index in [1.807, 2.05) is 0 Å². The minimum atomic E-state index is -1.08. The molecule has 0 aliphatic heterocycles. The molecule has 0 aliphatic rings. The number of alkyl carbamates (subject to hydrolysis) is 1. The van der Waals surface area contributed by atoms with Gasteiger partial charge in [0.1, 0.15) is 23.4 Å². The van der Waals surface area contributed by atoms with Crippen molar-refractivity contribution < 1.29 is 33.8 Å². The van der Waals surface area contributed by atoms with Crippen molar-refractivity contribution in [2.75, 3.05) is 13.2 Å². The van der Waals surface area contributed by atoms with E-state index in [0.717, 1.165) is 0 Å². The number of nitrogens with zero attached hydrogens (tertiary/aromatic N) is 1. The third kappa shape index (κ3) is 9.46. The maximum absolute atomic E-state index is 13.5. The predicted molar refractivity (Wildman–Crippen MR) is 131 cm³/mol. The molecule has 0 bridgehead atoms. The van der Waals surface area contributed by atoms with Crippen LogP contribution in [0.5, 0.6) is 5.75 Å². The summed E-state index contributed by atoms with van der Waals surface area (Å²) in [6.07, 6.45) is -0.773. The van der Waals surface area contributed by atoms with E-state index in [2.05, 4.69) is 10.6 Å². The van der Waals surface area contributed by atoms with Crippen molar-refractivity contribution in [1.29, 1.82) is 0 Å². The summed E-state index contributed by atoms with van der Waals surface area (Å²) in [6.45, 7) is 13.8. The monoisotopic (exact) mass is 493 g/mol. The van der Waals surface area contributed by atoms with Crippen LogP contribution in [0.25, 0.3) is 0 Å².